The number of rotatable bonds is 5. The number of benzene rings is 4. The number of carboxylic acids is 2. The number of imidazole rings is 1. The van der Waals surface area contributed by atoms with Crippen LogP contribution in [0.4, 0.5) is 11.4 Å². The summed E-state index contributed by atoms with van der Waals surface area (Å²) in [5.74, 6) is -4.99. The van der Waals surface area contributed by atoms with Crippen LogP contribution in [0, 0.1) is 0 Å². The summed E-state index contributed by atoms with van der Waals surface area (Å²) in [6.07, 6.45) is 0. The highest BCUT2D eigenvalue weighted by Gasteiger charge is 2.38. The average Bonchev–Trinajstić information content (AvgIpc) is 3.62. The highest BCUT2D eigenvalue weighted by Crippen LogP contribution is 2.33. The third kappa shape index (κ3) is 3.81. The van der Waals surface area contributed by atoms with Crippen LogP contribution in [0.5, 0.6) is 0 Å². The third-order valence-electron chi connectivity index (χ3n) is 7.37. The average molecular weight is 570 g/mol. The van der Waals surface area contributed by atoms with Gasteiger partial charge >= 0.3 is 0 Å². The van der Waals surface area contributed by atoms with Gasteiger partial charge < -0.3 is 24.8 Å². The summed E-state index contributed by atoms with van der Waals surface area (Å²) in [5.41, 5.74) is 1.86. The number of amides is 4. The van der Waals surface area contributed by atoms with Gasteiger partial charge in [0.25, 0.3) is 23.6 Å². The van der Waals surface area contributed by atoms with Gasteiger partial charge in [0.05, 0.1) is 56.6 Å². The number of aromatic carboxylic acids is 2. The predicted octanol–water partition coefficient (Wildman–Crippen LogP) is 1.56. The smallest absolute Gasteiger partial charge is 0.266 e. The normalized spacial score (nSPS) is 14.0. The van der Waals surface area contributed by atoms with Gasteiger partial charge in [-0.1, -0.05) is 12.1 Å². The van der Waals surface area contributed by atoms with Gasteiger partial charge in [0.15, 0.2) is 0 Å². The molecule has 0 bridgehead atoms. The number of fused-ring (bicyclic) bond motifs is 3. The molecule has 12 nitrogen and oxygen atoms in total. The number of hydrogen-bond acceptors (Lipinski definition) is 9. The fraction of sp³-hybridized carbons (Fsp3) is 0. The molecule has 0 spiro atoms. The molecule has 208 valence electrons. The van der Waals surface area contributed by atoms with E-state index in [1.54, 1.807) is 42.5 Å². The number of carbonyl (C=O) groups excluding carboxylic acids is 6. The predicted molar refractivity (Wildman–Crippen MR) is 145 cm³/mol. The molecule has 1 aromatic heterocycles. The van der Waals surface area contributed by atoms with Crippen molar-refractivity contribution in [3.63, 3.8) is 0 Å². The van der Waals surface area contributed by atoms with Gasteiger partial charge in [-0.3, -0.25) is 19.2 Å². The molecule has 7 rings (SSSR count). The Labute approximate surface area is 240 Å². The SMILES string of the molecule is O=C([O-])c1ccc2c(c1)C(=O)N(c1ccc(-c3nc4ccc(N5C(=O)c6ccc(C(=O)[O-])cc6C5=O)cc4[nH]3)cc1)C2=O. The zero-order valence-corrected chi connectivity index (χ0v) is 21.6. The first-order valence-corrected chi connectivity index (χ1v) is 12.7. The topological polar surface area (TPSA) is 184 Å². The minimum Gasteiger partial charge on any atom is -0.545 e. The van der Waals surface area contributed by atoms with Crippen molar-refractivity contribution >= 4 is 58.0 Å². The van der Waals surface area contributed by atoms with Gasteiger partial charge in [-0.05, 0) is 77.9 Å². The summed E-state index contributed by atoms with van der Waals surface area (Å²) in [6.45, 7) is 0. The molecular formula is C31H14N4O8-2. The molecule has 0 radical (unpaired) electrons. The molecule has 4 amide bonds. The maximum atomic E-state index is 13.0. The molecule has 4 aromatic carbocycles. The summed E-state index contributed by atoms with van der Waals surface area (Å²) in [6, 6.07) is 18.3. The van der Waals surface area contributed by atoms with E-state index in [1.807, 2.05) is 0 Å². The first-order valence-electron chi connectivity index (χ1n) is 12.7. The van der Waals surface area contributed by atoms with Crippen molar-refractivity contribution in [3.8, 4) is 11.4 Å². The van der Waals surface area contributed by atoms with Gasteiger partial charge in [0.2, 0.25) is 0 Å². The molecule has 0 unspecified atom stereocenters. The lowest BCUT2D eigenvalue weighted by atomic mass is 10.1. The monoisotopic (exact) mass is 570 g/mol. The van der Waals surface area contributed by atoms with Crippen LogP contribution in [-0.4, -0.2) is 45.5 Å². The summed E-state index contributed by atoms with van der Waals surface area (Å²) in [4.78, 5) is 83.9. The Morgan fingerprint density at radius 1 is 0.581 bits per heavy atom. The van der Waals surface area contributed by atoms with E-state index in [2.05, 4.69) is 9.97 Å². The van der Waals surface area contributed by atoms with Gasteiger partial charge in [0, 0.05) is 5.56 Å². The number of nitrogens with zero attached hydrogens (tertiary/aromatic N) is 3. The molecule has 0 atom stereocenters. The first kappa shape index (κ1) is 25.5. The van der Waals surface area contributed by atoms with E-state index >= 15 is 0 Å². The number of carboxylic acid groups (broad SMARTS) is 2. The molecule has 1 N–H and O–H groups in total. The second-order valence-corrected chi connectivity index (χ2v) is 9.82. The highest BCUT2D eigenvalue weighted by atomic mass is 16.4. The van der Waals surface area contributed by atoms with Crippen LogP contribution in [0.25, 0.3) is 22.4 Å². The van der Waals surface area contributed by atoms with Crippen LogP contribution in [0.3, 0.4) is 0 Å². The van der Waals surface area contributed by atoms with Crippen molar-refractivity contribution in [1.29, 1.82) is 0 Å². The van der Waals surface area contributed by atoms with Gasteiger partial charge in [-0.2, -0.15) is 0 Å². The third-order valence-corrected chi connectivity index (χ3v) is 7.37. The van der Waals surface area contributed by atoms with Gasteiger partial charge in [-0.15, -0.1) is 0 Å². The van der Waals surface area contributed by atoms with Crippen LogP contribution in [-0.2, 0) is 0 Å². The van der Waals surface area contributed by atoms with Crippen molar-refractivity contribution in [1.82, 2.24) is 9.97 Å². The molecular weight excluding hydrogens is 556 g/mol. The Morgan fingerprint density at radius 2 is 1.07 bits per heavy atom. The number of aromatic nitrogens is 2. The summed E-state index contributed by atoms with van der Waals surface area (Å²) in [5, 5.41) is 22.4. The number of hydrogen-bond donors (Lipinski definition) is 1. The van der Waals surface area contributed by atoms with Crippen LogP contribution in [0.1, 0.15) is 62.1 Å². The van der Waals surface area contributed by atoms with E-state index in [4.69, 9.17) is 0 Å². The van der Waals surface area contributed by atoms with Crippen molar-refractivity contribution < 1.29 is 39.0 Å². The fourth-order valence-corrected chi connectivity index (χ4v) is 5.25. The zero-order chi connectivity index (χ0) is 30.2. The Balaban J connectivity index is 1.16. The Kier molecular flexibility index (Phi) is 5.37. The quantitative estimate of drug-likeness (QED) is 0.306. The lowest BCUT2D eigenvalue weighted by Gasteiger charge is -2.14. The lowest BCUT2D eigenvalue weighted by molar-refractivity contribution is -0.256. The molecule has 0 saturated carbocycles. The Hall–Kier alpha value is -6.43. The number of anilines is 2. The second kappa shape index (κ2) is 9.04. The Bertz CT molecular complexity index is 2130. The van der Waals surface area contributed by atoms with E-state index in [-0.39, 0.29) is 44.8 Å². The van der Waals surface area contributed by atoms with Crippen molar-refractivity contribution in [2.75, 3.05) is 9.80 Å². The summed E-state index contributed by atoms with van der Waals surface area (Å²) >= 11 is 0. The molecule has 0 saturated heterocycles. The van der Waals surface area contributed by atoms with E-state index in [0.29, 0.717) is 22.4 Å². The van der Waals surface area contributed by atoms with Gasteiger partial charge in [-0.25, -0.2) is 14.8 Å². The fourth-order valence-electron chi connectivity index (χ4n) is 5.25. The van der Waals surface area contributed by atoms with E-state index in [1.165, 1.54) is 24.3 Å². The van der Waals surface area contributed by atoms with E-state index in [9.17, 15) is 39.0 Å². The maximum Gasteiger partial charge on any atom is 0.266 e. The van der Waals surface area contributed by atoms with Gasteiger partial charge in [0.1, 0.15) is 5.82 Å². The van der Waals surface area contributed by atoms with E-state index in [0.717, 1.165) is 21.9 Å². The van der Waals surface area contributed by atoms with Crippen LogP contribution in [0.15, 0.2) is 78.9 Å². The highest BCUT2D eigenvalue weighted by molar-refractivity contribution is 6.35. The standard InChI is InChI=1S/C31H16N4O8/c36-26-19-8-3-15(30(40)41)11-21(19)28(38)34(26)17-5-1-14(2-6-17)25-32-23-10-7-18(13-24(23)33-25)35-27(37)20-9-4-16(31(42)43)12-22(20)29(35)39/h1-13H,(H,32,33)(H,40,41)(H,42,43)/p-2. The molecule has 5 aromatic rings. The minimum atomic E-state index is -1.46. The lowest BCUT2D eigenvalue weighted by Crippen LogP contribution is -2.29. The molecule has 12 heteroatoms. The van der Waals surface area contributed by atoms with E-state index < -0.39 is 35.6 Å². The van der Waals surface area contributed by atoms with Crippen molar-refractivity contribution in [3.05, 3.63) is 112 Å². The number of imide groups is 2. The number of nitrogens with one attached hydrogen (secondary N) is 1. The van der Waals surface area contributed by atoms with Crippen LogP contribution >= 0.6 is 0 Å². The molecule has 2 aliphatic rings. The zero-order valence-electron chi connectivity index (χ0n) is 21.6. The Morgan fingerprint density at radius 3 is 1.60 bits per heavy atom. The molecule has 0 aliphatic carbocycles. The maximum absolute atomic E-state index is 13.0. The van der Waals surface area contributed by atoms with Crippen LogP contribution in [0.2, 0.25) is 0 Å². The first-order chi connectivity index (χ1) is 20.6. The summed E-state index contributed by atoms with van der Waals surface area (Å²) in [7, 11) is 0. The molecule has 43 heavy (non-hydrogen) atoms. The molecule has 2 aliphatic heterocycles. The largest absolute Gasteiger partial charge is 0.545 e. The minimum absolute atomic E-state index is 0.0266. The van der Waals surface area contributed by atoms with Crippen molar-refractivity contribution in [2.24, 2.45) is 0 Å². The number of H-pyrrole nitrogens is 1. The summed E-state index contributed by atoms with van der Waals surface area (Å²) < 4.78 is 0. The molecule has 3 heterocycles. The second-order valence-electron chi connectivity index (χ2n) is 9.82. The number of aromatic amines is 1. The molecule has 0 fully saturated rings. The van der Waals surface area contributed by atoms with Crippen LogP contribution < -0.4 is 20.0 Å². The van der Waals surface area contributed by atoms with Crippen molar-refractivity contribution in [2.45, 2.75) is 0 Å². The number of carbonyl (C=O) groups is 6.